The van der Waals surface area contributed by atoms with Crippen molar-refractivity contribution in [1.82, 2.24) is 16.0 Å². The minimum absolute atomic E-state index is 0.00727. The molecule has 2 atom stereocenters. The molecule has 0 bridgehead atoms. The summed E-state index contributed by atoms with van der Waals surface area (Å²) in [5.41, 5.74) is 1.59. The van der Waals surface area contributed by atoms with Gasteiger partial charge in [0.2, 0.25) is 0 Å². The Labute approximate surface area is 188 Å². The third kappa shape index (κ3) is 5.96. The zero-order valence-electron chi connectivity index (χ0n) is 18.8. The van der Waals surface area contributed by atoms with Crippen molar-refractivity contribution < 1.29 is 13.6 Å². The molecule has 0 aromatic heterocycles. The van der Waals surface area contributed by atoms with Crippen LogP contribution >= 0.6 is 0 Å². The van der Waals surface area contributed by atoms with Crippen molar-refractivity contribution in [2.45, 2.75) is 45.3 Å². The highest BCUT2D eigenvalue weighted by molar-refractivity contribution is 5.94. The fraction of sp³-hybridized carbons (Fsp3) is 0.417. The smallest absolute Gasteiger partial charge is 0.251 e. The molecule has 1 amide bonds. The van der Waals surface area contributed by atoms with E-state index >= 15 is 0 Å². The molecule has 2 aromatic carbocycles. The molecule has 8 heteroatoms. The Morgan fingerprint density at radius 3 is 2.62 bits per heavy atom. The van der Waals surface area contributed by atoms with E-state index in [4.69, 9.17) is 0 Å². The Morgan fingerprint density at radius 2 is 1.94 bits per heavy atom. The zero-order chi connectivity index (χ0) is 23.1. The summed E-state index contributed by atoms with van der Waals surface area (Å²) in [6, 6.07) is 11.5. The third-order valence-corrected chi connectivity index (χ3v) is 5.65. The number of hydrogen-bond acceptors (Lipinski definition) is 3. The van der Waals surface area contributed by atoms with Gasteiger partial charge in [0.25, 0.3) is 5.91 Å². The first-order chi connectivity index (χ1) is 15.4. The Balaban J connectivity index is 1.55. The van der Waals surface area contributed by atoms with E-state index in [0.29, 0.717) is 31.2 Å². The number of halogens is 2. The molecule has 2 unspecified atom stereocenters. The van der Waals surface area contributed by atoms with E-state index in [9.17, 15) is 13.6 Å². The van der Waals surface area contributed by atoms with E-state index in [1.165, 1.54) is 18.2 Å². The molecule has 6 nitrogen and oxygen atoms in total. The molecule has 3 rings (SSSR count). The summed E-state index contributed by atoms with van der Waals surface area (Å²) in [5, 5.41) is 9.54. The number of benzene rings is 2. The van der Waals surface area contributed by atoms with Crippen LogP contribution in [0.4, 0.5) is 14.5 Å². The molecule has 0 spiro atoms. The first-order valence-electron chi connectivity index (χ1n) is 11.0. The number of hydrogen-bond donors (Lipinski definition) is 3. The lowest BCUT2D eigenvalue weighted by Crippen LogP contribution is -2.44. The van der Waals surface area contributed by atoms with Gasteiger partial charge in [-0.2, -0.15) is 0 Å². The second-order valence-corrected chi connectivity index (χ2v) is 8.06. The standard InChI is InChI=1S/C24H31F2N5O/c1-4-16(2)29-23(32)18-8-5-7-17(13-18)14-28-24(27-3)30-19-11-12-31(15-19)22-20(25)9-6-10-21(22)26/h5-10,13,16,19H,4,11-12,14-15H2,1-3H3,(H,29,32)(H2,27,28,30). The maximum absolute atomic E-state index is 14.1. The molecule has 2 aromatic rings. The Kier molecular flexibility index (Phi) is 8.03. The summed E-state index contributed by atoms with van der Waals surface area (Å²) in [6.45, 7) is 5.52. The van der Waals surface area contributed by atoms with Gasteiger partial charge in [0.05, 0.1) is 0 Å². The van der Waals surface area contributed by atoms with Crippen LogP contribution < -0.4 is 20.9 Å². The molecule has 1 saturated heterocycles. The summed E-state index contributed by atoms with van der Waals surface area (Å²) in [7, 11) is 1.68. The van der Waals surface area contributed by atoms with Gasteiger partial charge in [-0.3, -0.25) is 9.79 Å². The first-order valence-corrected chi connectivity index (χ1v) is 11.0. The van der Waals surface area contributed by atoms with Crippen LogP contribution in [0.15, 0.2) is 47.5 Å². The molecule has 1 fully saturated rings. The highest BCUT2D eigenvalue weighted by Crippen LogP contribution is 2.26. The highest BCUT2D eigenvalue weighted by atomic mass is 19.1. The number of guanidine groups is 1. The average molecular weight is 444 g/mol. The van der Waals surface area contributed by atoms with E-state index in [1.807, 2.05) is 32.0 Å². The number of amides is 1. The van der Waals surface area contributed by atoms with Gasteiger partial charge in [-0.15, -0.1) is 0 Å². The molecule has 172 valence electrons. The van der Waals surface area contributed by atoms with Gasteiger partial charge in [-0.05, 0) is 49.6 Å². The Hall–Kier alpha value is -3.16. The largest absolute Gasteiger partial charge is 0.365 e. The van der Waals surface area contributed by atoms with Gasteiger partial charge < -0.3 is 20.9 Å². The summed E-state index contributed by atoms with van der Waals surface area (Å²) in [6.07, 6.45) is 1.61. The molecule has 3 N–H and O–H groups in total. The molecule has 1 aliphatic heterocycles. The van der Waals surface area contributed by atoms with Gasteiger partial charge in [0, 0.05) is 44.3 Å². The normalized spacial score (nSPS) is 17.2. The van der Waals surface area contributed by atoms with E-state index in [0.717, 1.165) is 18.4 Å². The summed E-state index contributed by atoms with van der Waals surface area (Å²) in [5.74, 6) is -0.591. The van der Waals surface area contributed by atoms with Crippen molar-refractivity contribution in [2.75, 3.05) is 25.0 Å². The van der Waals surface area contributed by atoms with Gasteiger partial charge in [-0.25, -0.2) is 8.78 Å². The summed E-state index contributed by atoms with van der Waals surface area (Å²) in [4.78, 5) is 18.3. The molecule has 0 saturated carbocycles. The molecule has 0 radical (unpaired) electrons. The minimum Gasteiger partial charge on any atom is -0.365 e. The van der Waals surface area contributed by atoms with Gasteiger partial charge in [0.1, 0.15) is 17.3 Å². The van der Waals surface area contributed by atoms with Crippen LogP contribution in [0.5, 0.6) is 0 Å². The fourth-order valence-electron chi connectivity index (χ4n) is 3.68. The number of rotatable bonds is 7. The van der Waals surface area contributed by atoms with Crippen molar-refractivity contribution in [1.29, 1.82) is 0 Å². The fourth-order valence-corrected chi connectivity index (χ4v) is 3.68. The molecule has 0 aliphatic carbocycles. The molecular weight excluding hydrogens is 412 g/mol. The van der Waals surface area contributed by atoms with E-state index in [2.05, 4.69) is 20.9 Å². The predicted octanol–water partition coefficient (Wildman–Crippen LogP) is 3.44. The number of anilines is 1. The van der Waals surface area contributed by atoms with Crippen LogP contribution in [-0.2, 0) is 6.54 Å². The number of carbonyl (C=O) groups excluding carboxylic acids is 1. The second kappa shape index (κ2) is 10.9. The Bertz CT molecular complexity index is 945. The number of aliphatic imine (C=N–C) groups is 1. The minimum atomic E-state index is -0.551. The number of carbonyl (C=O) groups is 1. The number of nitrogens with one attached hydrogen (secondary N) is 3. The van der Waals surface area contributed by atoms with Gasteiger partial charge in [-0.1, -0.05) is 25.1 Å². The van der Waals surface area contributed by atoms with Crippen LogP contribution in [0, 0.1) is 11.6 Å². The third-order valence-electron chi connectivity index (χ3n) is 5.65. The predicted molar refractivity (Wildman–Crippen MR) is 124 cm³/mol. The van der Waals surface area contributed by atoms with Crippen molar-refractivity contribution in [3.8, 4) is 0 Å². The second-order valence-electron chi connectivity index (χ2n) is 8.06. The Morgan fingerprint density at radius 1 is 1.22 bits per heavy atom. The van der Waals surface area contributed by atoms with Gasteiger partial charge >= 0.3 is 0 Å². The maximum Gasteiger partial charge on any atom is 0.251 e. The topological polar surface area (TPSA) is 68.8 Å². The van der Waals surface area contributed by atoms with Crippen LogP contribution in [-0.4, -0.2) is 44.1 Å². The maximum atomic E-state index is 14.1. The van der Waals surface area contributed by atoms with E-state index in [-0.39, 0.29) is 23.7 Å². The monoisotopic (exact) mass is 443 g/mol. The summed E-state index contributed by atoms with van der Waals surface area (Å²) >= 11 is 0. The van der Waals surface area contributed by atoms with E-state index < -0.39 is 11.6 Å². The van der Waals surface area contributed by atoms with Crippen molar-refractivity contribution >= 4 is 17.6 Å². The average Bonchev–Trinajstić information content (AvgIpc) is 3.24. The van der Waals surface area contributed by atoms with Crippen molar-refractivity contribution in [3.05, 3.63) is 65.2 Å². The highest BCUT2D eigenvalue weighted by Gasteiger charge is 2.27. The summed E-state index contributed by atoms with van der Waals surface area (Å²) < 4.78 is 28.2. The molecule has 32 heavy (non-hydrogen) atoms. The van der Waals surface area contributed by atoms with Crippen molar-refractivity contribution in [3.63, 3.8) is 0 Å². The van der Waals surface area contributed by atoms with Gasteiger partial charge in [0.15, 0.2) is 5.96 Å². The van der Waals surface area contributed by atoms with Crippen LogP contribution in [0.1, 0.15) is 42.6 Å². The first kappa shape index (κ1) is 23.5. The molecular formula is C24H31F2N5O. The van der Waals surface area contributed by atoms with E-state index in [1.54, 1.807) is 18.0 Å². The van der Waals surface area contributed by atoms with Crippen molar-refractivity contribution in [2.24, 2.45) is 4.99 Å². The molecule has 1 heterocycles. The van der Waals surface area contributed by atoms with Crippen LogP contribution in [0.3, 0.4) is 0 Å². The lowest BCUT2D eigenvalue weighted by molar-refractivity contribution is 0.0939. The molecule has 1 aliphatic rings. The number of nitrogens with zero attached hydrogens (tertiary/aromatic N) is 2. The van der Waals surface area contributed by atoms with Crippen LogP contribution in [0.25, 0.3) is 0 Å². The quantitative estimate of drug-likeness (QED) is 0.453. The zero-order valence-corrected chi connectivity index (χ0v) is 18.8. The lowest BCUT2D eigenvalue weighted by Gasteiger charge is -2.21. The lowest BCUT2D eigenvalue weighted by atomic mass is 10.1. The van der Waals surface area contributed by atoms with Crippen LogP contribution in [0.2, 0.25) is 0 Å². The number of para-hydroxylation sites is 1. The SMILES string of the molecule is CCC(C)NC(=O)c1cccc(CNC(=NC)NC2CCN(c3c(F)cccc3F)C2)c1.